The molecule has 0 radical (unpaired) electrons. The van der Waals surface area contributed by atoms with Gasteiger partial charge >= 0.3 is 0 Å². The van der Waals surface area contributed by atoms with Crippen LogP contribution in [0.5, 0.6) is 0 Å². The number of rotatable bonds is 4. The second-order valence-electron chi connectivity index (χ2n) is 4.62. The summed E-state index contributed by atoms with van der Waals surface area (Å²) in [6, 6.07) is 6.81. The second kappa shape index (κ2) is 6.22. The normalized spacial score (nSPS) is 18.6. The van der Waals surface area contributed by atoms with Crippen LogP contribution in [0.2, 0.25) is 0 Å². The van der Waals surface area contributed by atoms with Crippen LogP contribution in [0.25, 0.3) is 0 Å². The molecule has 0 amide bonds. The van der Waals surface area contributed by atoms with Crippen molar-refractivity contribution in [1.82, 2.24) is 4.31 Å². The van der Waals surface area contributed by atoms with Crippen LogP contribution in [0, 0.1) is 0 Å². The summed E-state index contributed by atoms with van der Waals surface area (Å²) in [5, 5.41) is 0. The van der Waals surface area contributed by atoms with E-state index in [0.29, 0.717) is 23.9 Å². The van der Waals surface area contributed by atoms with E-state index in [-0.39, 0.29) is 6.10 Å². The van der Waals surface area contributed by atoms with Gasteiger partial charge in [-0.25, -0.2) is 8.42 Å². The monoisotopic (exact) mass is 303 g/mol. The van der Waals surface area contributed by atoms with Gasteiger partial charge in [0.2, 0.25) is 10.0 Å². The van der Waals surface area contributed by atoms with Crippen molar-refractivity contribution in [3.8, 4) is 0 Å². The molecule has 0 unspecified atom stereocenters. The van der Waals surface area contributed by atoms with Crippen molar-refractivity contribution in [1.29, 1.82) is 0 Å². The van der Waals surface area contributed by atoms with Crippen LogP contribution in [0.15, 0.2) is 29.2 Å². The van der Waals surface area contributed by atoms with Gasteiger partial charge in [-0.2, -0.15) is 4.31 Å². The van der Waals surface area contributed by atoms with Gasteiger partial charge in [0, 0.05) is 26.1 Å². The standard InChI is InChI=1S/C13H18ClNO3S/c1-18-12-5-7-15(8-6-12)19(16,17)13-4-2-3-11(9-13)10-14/h2-4,9,12H,5-8,10H2,1H3. The van der Waals surface area contributed by atoms with Gasteiger partial charge in [0.15, 0.2) is 0 Å². The predicted octanol–water partition coefficient (Wildman–Crippen LogP) is 2.22. The molecule has 0 saturated carbocycles. The number of hydrogen-bond acceptors (Lipinski definition) is 3. The summed E-state index contributed by atoms with van der Waals surface area (Å²) < 4.78 is 31.8. The molecule has 0 spiro atoms. The maximum absolute atomic E-state index is 12.5. The highest BCUT2D eigenvalue weighted by Crippen LogP contribution is 2.22. The zero-order valence-corrected chi connectivity index (χ0v) is 12.5. The molecule has 0 N–H and O–H groups in total. The molecule has 1 aliphatic heterocycles. The zero-order chi connectivity index (χ0) is 13.9. The van der Waals surface area contributed by atoms with Crippen molar-refractivity contribution >= 4 is 21.6 Å². The smallest absolute Gasteiger partial charge is 0.243 e. The fraction of sp³-hybridized carbons (Fsp3) is 0.538. The van der Waals surface area contributed by atoms with Gasteiger partial charge in [0.05, 0.1) is 11.0 Å². The van der Waals surface area contributed by atoms with Gasteiger partial charge in [-0.3, -0.25) is 0 Å². The van der Waals surface area contributed by atoms with Crippen LogP contribution >= 0.6 is 11.6 Å². The summed E-state index contributed by atoms with van der Waals surface area (Å²) in [7, 11) is -1.74. The molecule has 4 nitrogen and oxygen atoms in total. The Balaban J connectivity index is 2.18. The van der Waals surface area contributed by atoms with Gasteiger partial charge in [-0.1, -0.05) is 12.1 Å². The van der Waals surface area contributed by atoms with Crippen molar-refractivity contribution in [2.75, 3.05) is 20.2 Å². The van der Waals surface area contributed by atoms with E-state index in [1.165, 1.54) is 4.31 Å². The number of halogens is 1. The van der Waals surface area contributed by atoms with Crippen molar-refractivity contribution in [3.05, 3.63) is 29.8 Å². The molecule has 0 aromatic heterocycles. The first-order valence-electron chi connectivity index (χ1n) is 6.26. The fourth-order valence-electron chi connectivity index (χ4n) is 2.25. The summed E-state index contributed by atoms with van der Waals surface area (Å²) in [4.78, 5) is 0.321. The Kier molecular flexibility index (Phi) is 4.84. The molecule has 1 heterocycles. The van der Waals surface area contributed by atoms with Gasteiger partial charge < -0.3 is 4.74 Å². The molecule has 1 aromatic rings. The molecule has 1 aliphatic rings. The molecule has 1 aromatic carbocycles. The highest BCUT2D eigenvalue weighted by Gasteiger charge is 2.29. The van der Waals surface area contributed by atoms with E-state index in [9.17, 15) is 8.42 Å². The molecule has 2 rings (SSSR count). The van der Waals surface area contributed by atoms with Crippen molar-refractivity contribution in [2.24, 2.45) is 0 Å². The number of benzene rings is 1. The predicted molar refractivity (Wildman–Crippen MR) is 74.8 cm³/mol. The maximum atomic E-state index is 12.5. The summed E-state index contributed by atoms with van der Waals surface area (Å²) >= 11 is 5.75. The van der Waals surface area contributed by atoms with Gasteiger partial charge in [0.25, 0.3) is 0 Å². The Labute approximate surface area is 119 Å². The second-order valence-corrected chi connectivity index (χ2v) is 6.83. The lowest BCUT2D eigenvalue weighted by atomic mass is 10.1. The third-order valence-corrected chi connectivity index (χ3v) is 5.63. The third kappa shape index (κ3) is 3.28. The molecule has 1 saturated heterocycles. The Morgan fingerprint density at radius 3 is 2.63 bits per heavy atom. The average Bonchev–Trinajstić information content (AvgIpc) is 2.47. The van der Waals surface area contributed by atoms with Crippen molar-refractivity contribution in [3.63, 3.8) is 0 Å². The number of nitrogens with zero attached hydrogens (tertiary/aromatic N) is 1. The van der Waals surface area contributed by atoms with Crippen molar-refractivity contribution in [2.45, 2.75) is 29.7 Å². The number of piperidine rings is 1. The van der Waals surface area contributed by atoms with Crippen molar-refractivity contribution < 1.29 is 13.2 Å². The first-order chi connectivity index (χ1) is 9.07. The lowest BCUT2D eigenvalue weighted by molar-refractivity contribution is 0.0604. The topological polar surface area (TPSA) is 46.6 Å². The SMILES string of the molecule is COC1CCN(S(=O)(=O)c2cccc(CCl)c2)CC1. The number of alkyl halides is 1. The Hall–Kier alpha value is -0.620. The van der Waals surface area contributed by atoms with Crippen LogP contribution in [0.4, 0.5) is 0 Å². The molecular formula is C13H18ClNO3S. The first-order valence-corrected chi connectivity index (χ1v) is 8.23. The summed E-state index contributed by atoms with van der Waals surface area (Å²) in [5.74, 6) is 0.315. The first kappa shape index (κ1) is 14.8. The van der Waals surface area contributed by atoms with E-state index in [2.05, 4.69) is 0 Å². The minimum absolute atomic E-state index is 0.167. The Bertz CT molecular complexity index is 524. The highest BCUT2D eigenvalue weighted by atomic mass is 35.5. The van der Waals surface area contributed by atoms with Crippen LogP contribution < -0.4 is 0 Å². The molecule has 0 aliphatic carbocycles. The lowest BCUT2D eigenvalue weighted by Crippen LogP contribution is -2.40. The van der Waals surface area contributed by atoms with E-state index in [1.54, 1.807) is 25.3 Å². The number of methoxy groups -OCH3 is 1. The molecule has 0 bridgehead atoms. The van der Waals surface area contributed by atoms with Gasteiger partial charge in [0.1, 0.15) is 0 Å². The number of hydrogen-bond donors (Lipinski definition) is 0. The van der Waals surface area contributed by atoms with E-state index in [0.717, 1.165) is 18.4 Å². The molecule has 19 heavy (non-hydrogen) atoms. The molecule has 0 atom stereocenters. The van der Waals surface area contributed by atoms with Gasteiger partial charge in [-0.15, -0.1) is 11.6 Å². The van der Waals surface area contributed by atoms with Crippen LogP contribution in [0.1, 0.15) is 18.4 Å². The minimum atomic E-state index is -3.41. The summed E-state index contributed by atoms with van der Waals surface area (Å²) in [5.41, 5.74) is 0.814. The van der Waals surface area contributed by atoms with Crippen LogP contribution in [-0.4, -0.2) is 39.0 Å². The lowest BCUT2D eigenvalue weighted by Gasteiger charge is -2.30. The molecular weight excluding hydrogens is 286 g/mol. The quantitative estimate of drug-likeness (QED) is 0.801. The van der Waals surface area contributed by atoms with E-state index < -0.39 is 10.0 Å². The fourth-order valence-corrected chi connectivity index (χ4v) is 3.95. The third-order valence-electron chi connectivity index (χ3n) is 3.42. The van der Waals surface area contributed by atoms with E-state index in [4.69, 9.17) is 16.3 Å². The van der Waals surface area contributed by atoms with Crippen LogP contribution in [0.3, 0.4) is 0 Å². The molecule has 1 fully saturated rings. The largest absolute Gasteiger partial charge is 0.381 e. The Morgan fingerprint density at radius 2 is 2.05 bits per heavy atom. The van der Waals surface area contributed by atoms with E-state index >= 15 is 0 Å². The maximum Gasteiger partial charge on any atom is 0.243 e. The Morgan fingerprint density at radius 1 is 1.37 bits per heavy atom. The van der Waals surface area contributed by atoms with E-state index in [1.807, 2.05) is 6.07 Å². The van der Waals surface area contributed by atoms with Crippen LogP contribution in [-0.2, 0) is 20.6 Å². The molecule has 106 valence electrons. The number of ether oxygens (including phenoxy) is 1. The summed E-state index contributed by atoms with van der Waals surface area (Å²) in [6.45, 7) is 1.01. The molecule has 6 heteroatoms. The number of sulfonamides is 1. The zero-order valence-electron chi connectivity index (χ0n) is 10.9. The van der Waals surface area contributed by atoms with Gasteiger partial charge in [-0.05, 0) is 30.5 Å². The summed E-state index contributed by atoms with van der Waals surface area (Å²) in [6.07, 6.45) is 1.65. The highest BCUT2D eigenvalue weighted by molar-refractivity contribution is 7.89. The average molecular weight is 304 g/mol. The minimum Gasteiger partial charge on any atom is -0.381 e.